The average Bonchev–Trinajstić information content (AvgIpc) is 2.94. The summed E-state index contributed by atoms with van der Waals surface area (Å²) < 4.78 is 45.2. The Morgan fingerprint density at radius 3 is 2.76 bits per heavy atom. The Bertz CT molecular complexity index is 736. The molecule has 0 aliphatic carbocycles. The minimum absolute atomic E-state index is 0.189. The predicted molar refractivity (Wildman–Crippen MR) is 86.0 cm³/mol. The van der Waals surface area contributed by atoms with Crippen LogP contribution in [-0.4, -0.2) is 34.7 Å². The number of pyridine rings is 1. The molecule has 1 saturated heterocycles. The molecule has 1 fully saturated rings. The minimum atomic E-state index is -4.43. The van der Waals surface area contributed by atoms with E-state index in [1.54, 1.807) is 31.5 Å². The van der Waals surface area contributed by atoms with Gasteiger partial charge in [-0.2, -0.15) is 13.2 Å². The number of hydrogen-bond donors (Lipinski definition) is 1. The zero-order chi connectivity index (χ0) is 18.0. The lowest BCUT2D eigenvalue weighted by atomic mass is 9.97. The number of nitrogens with zero attached hydrogens (tertiary/aromatic N) is 2. The quantitative estimate of drug-likeness (QED) is 0.916. The molecule has 1 aliphatic rings. The smallest absolute Gasteiger partial charge is 0.416 e. The normalized spacial score (nSPS) is 21.5. The number of halogens is 3. The van der Waals surface area contributed by atoms with Crippen molar-refractivity contribution in [3.63, 3.8) is 0 Å². The largest absolute Gasteiger partial charge is 0.497 e. The van der Waals surface area contributed by atoms with Crippen molar-refractivity contribution in [1.82, 2.24) is 9.88 Å². The summed E-state index contributed by atoms with van der Waals surface area (Å²) in [6.45, 7) is 0.640. The van der Waals surface area contributed by atoms with E-state index >= 15 is 0 Å². The molecule has 3 rings (SSSR count). The van der Waals surface area contributed by atoms with Gasteiger partial charge in [0.05, 0.1) is 24.5 Å². The van der Waals surface area contributed by atoms with E-state index in [4.69, 9.17) is 4.74 Å². The van der Waals surface area contributed by atoms with Crippen molar-refractivity contribution < 1.29 is 23.0 Å². The van der Waals surface area contributed by atoms with Crippen LogP contribution in [-0.2, 0) is 12.7 Å². The first-order valence-electron chi connectivity index (χ1n) is 7.95. The number of hydrogen-bond acceptors (Lipinski definition) is 4. The highest BCUT2D eigenvalue weighted by Crippen LogP contribution is 2.40. The Labute approximate surface area is 143 Å². The Kier molecular flexibility index (Phi) is 4.96. The molecule has 0 radical (unpaired) electrons. The molecule has 7 heteroatoms. The van der Waals surface area contributed by atoms with E-state index in [0.717, 1.165) is 6.07 Å². The molecule has 1 aliphatic heterocycles. The van der Waals surface area contributed by atoms with Crippen molar-refractivity contribution in [2.75, 3.05) is 13.7 Å². The molecule has 2 atom stereocenters. The summed E-state index contributed by atoms with van der Waals surface area (Å²) >= 11 is 0. The van der Waals surface area contributed by atoms with Crippen LogP contribution < -0.4 is 4.74 Å². The van der Waals surface area contributed by atoms with Crippen LogP contribution in [0, 0.1) is 0 Å². The van der Waals surface area contributed by atoms with Gasteiger partial charge in [0.2, 0.25) is 0 Å². The molecule has 2 unspecified atom stereocenters. The molecule has 0 saturated carbocycles. The van der Waals surface area contributed by atoms with Crippen LogP contribution in [0.2, 0.25) is 0 Å². The molecule has 4 nitrogen and oxygen atoms in total. The van der Waals surface area contributed by atoms with Gasteiger partial charge in [-0.15, -0.1) is 0 Å². The van der Waals surface area contributed by atoms with Gasteiger partial charge in [0.1, 0.15) is 5.75 Å². The molecule has 2 aromatic rings. The van der Waals surface area contributed by atoms with Gasteiger partial charge in [-0.25, -0.2) is 0 Å². The highest BCUT2D eigenvalue weighted by atomic mass is 19.4. The number of ether oxygens (including phenoxy) is 1. The van der Waals surface area contributed by atoms with Crippen molar-refractivity contribution in [3.05, 3.63) is 59.4 Å². The molecular formula is C18H19F3N2O2. The first-order valence-corrected chi connectivity index (χ1v) is 7.95. The van der Waals surface area contributed by atoms with Crippen molar-refractivity contribution in [2.24, 2.45) is 0 Å². The summed E-state index contributed by atoms with van der Waals surface area (Å²) in [7, 11) is 1.54. The van der Waals surface area contributed by atoms with Gasteiger partial charge in [-0.05, 0) is 24.1 Å². The van der Waals surface area contributed by atoms with Gasteiger partial charge in [-0.1, -0.05) is 18.2 Å². The first kappa shape index (κ1) is 17.7. The van der Waals surface area contributed by atoms with E-state index in [1.165, 1.54) is 12.1 Å². The maximum atomic E-state index is 13.3. The van der Waals surface area contributed by atoms with Crippen LogP contribution in [0.1, 0.15) is 29.3 Å². The highest BCUT2D eigenvalue weighted by molar-refractivity contribution is 5.33. The van der Waals surface area contributed by atoms with Gasteiger partial charge < -0.3 is 9.84 Å². The second-order valence-electron chi connectivity index (χ2n) is 6.11. The van der Waals surface area contributed by atoms with Crippen LogP contribution >= 0.6 is 0 Å². The van der Waals surface area contributed by atoms with Gasteiger partial charge in [0.15, 0.2) is 0 Å². The van der Waals surface area contributed by atoms with Gasteiger partial charge in [0, 0.05) is 31.4 Å². The van der Waals surface area contributed by atoms with Crippen molar-refractivity contribution in [2.45, 2.75) is 31.3 Å². The van der Waals surface area contributed by atoms with Crippen molar-refractivity contribution in [1.29, 1.82) is 0 Å². The van der Waals surface area contributed by atoms with Crippen LogP contribution in [0.5, 0.6) is 5.75 Å². The summed E-state index contributed by atoms with van der Waals surface area (Å²) in [5, 5.41) is 10.0. The Balaban J connectivity index is 1.90. The summed E-state index contributed by atoms with van der Waals surface area (Å²) in [4.78, 5) is 6.08. The van der Waals surface area contributed by atoms with Crippen LogP contribution in [0.15, 0.2) is 42.6 Å². The number of alkyl halides is 3. The van der Waals surface area contributed by atoms with E-state index in [1.807, 2.05) is 4.90 Å². The fourth-order valence-electron chi connectivity index (χ4n) is 3.30. The van der Waals surface area contributed by atoms with Gasteiger partial charge in [-0.3, -0.25) is 9.88 Å². The molecule has 0 spiro atoms. The molecule has 1 aromatic heterocycles. The lowest BCUT2D eigenvalue weighted by Crippen LogP contribution is -2.26. The van der Waals surface area contributed by atoms with Crippen LogP contribution in [0.4, 0.5) is 13.2 Å². The topological polar surface area (TPSA) is 45.6 Å². The lowest BCUT2D eigenvalue weighted by molar-refractivity contribution is -0.138. The summed E-state index contributed by atoms with van der Waals surface area (Å²) in [5.74, 6) is 0.636. The standard InChI is InChI=1S/C18H19F3N2O2/c1-25-14-6-7-22-12(8-14)10-23-11-13(24)9-17(23)15-4-2-3-5-16(15)18(19,20)21/h2-8,13,17,24H,9-11H2,1H3. The number of β-amino-alcohol motifs (C(OH)–C–C–N with tert-alkyl or cyclic N) is 1. The first-order chi connectivity index (χ1) is 11.9. The van der Waals surface area contributed by atoms with E-state index in [9.17, 15) is 18.3 Å². The highest BCUT2D eigenvalue weighted by Gasteiger charge is 2.39. The van der Waals surface area contributed by atoms with E-state index < -0.39 is 23.9 Å². The third kappa shape index (κ3) is 3.93. The lowest BCUT2D eigenvalue weighted by Gasteiger charge is -2.26. The minimum Gasteiger partial charge on any atom is -0.497 e. The Morgan fingerprint density at radius 2 is 2.04 bits per heavy atom. The Hall–Kier alpha value is -2.12. The number of benzene rings is 1. The Morgan fingerprint density at radius 1 is 1.28 bits per heavy atom. The molecule has 134 valence electrons. The number of methoxy groups -OCH3 is 1. The number of aromatic nitrogens is 1. The zero-order valence-corrected chi connectivity index (χ0v) is 13.7. The predicted octanol–water partition coefficient (Wildman–Crippen LogP) is 3.42. The van der Waals surface area contributed by atoms with E-state index in [0.29, 0.717) is 24.5 Å². The fraction of sp³-hybridized carbons (Fsp3) is 0.389. The van der Waals surface area contributed by atoms with Crippen LogP contribution in [0.3, 0.4) is 0 Å². The molecule has 1 N–H and O–H groups in total. The molecular weight excluding hydrogens is 333 g/mol. The molecule has 0 amide bonds. The van der Waals surface area contributed by atoms with E-state index in [2.05, 4.69) is 4.98 Å². The summed E-state index contributed by atoms with van der Waals surface area (Å²) in [6.07, 6.45) is -3.24. The van der Waals surface area contributed by atoms with Gasteiger partial charge >= 0.3 is 6.18 Å². The van der Waals surface area contributed by atoms with Crippen molar-refractivity contribution in [3.8, 4) is 5.75 Å². The molecule has 1 aromatic carbocycles. The maximum absolute atomic E-state index is 13.3. The maximum Gasteiger partial charge on any atom is 0.416 e. The molecule has 2 heterocycles. The summed E-state index contributed by atoms with van der Waals surface area (Å²) in [5.41, 5.74) is 0.218. The fourth-order valence-corrected chi connectivity index (χ4v) is 3.30. The number of likely N-dealkylation sites (tertiary alicyclic amines) is 1. The third-order valence-electron chi connectivity index (χ3n) is 4.40. The summed E-state index contributed by atoms with van der Waals surface area (Å²) in [6, 6.07) is 8.49. The zero-order valence-electron chi connectivity index (χ0n) is 13.7. The average molecular weight is 352 g/mol. The van der Waals surface area contributed by atoms with Gasteiger partial charge in [0.25, 0.3) is 0 Å². The number of aliphatic hydroxyl groups excluding tert-OH is 1. The second-order valence-corrected chi connectivity index (χ2v) is 6.11. The number of aliphatic hydroxyl groups is 1. The third-order valence-corrected chi connectivity index (χ3v) is 4.40. The second kappa shape index (κ2) is 7.01. The van der Waals surface area contributed by atoms with Crippen LogP contribution in [0.25, 0.3) is 0 Å². The monoisotopic (exact) mass is 352 g/mol. The molecule has 0 bridgehead atoms. The molecule has 25 heavy (non-hydrogen) atoms. The number of rotatable bonds is 4. The van der Waals surface area contributed by atoms with E-state index in [-0.39, 0.29) is 12.0 Å². The SMILES string of the molecule is COc1ccnc(CN2CC(O)CC2c2ccccc2C(F)(F)F)c1. The van der Waals surface area contributed by atoms with Crippen molar-refractivity contribution >= 4 is 0 Å².